The summed E-state index contributed by atoms with van der Waals surface area (Å²) in [5, 5.41) is 3.47. The van der Waals surface area contributed by atoms with Crippen molar-refractivity contribution >= 4 is 11.2 Å². The highest BCUT2D eigenvalue weighted by atomic mass is 16.3. The van der Waals surface area contributed by atoms with Crippen molar-refractivity contribution in [2.24, 2.45) is 5.92 Å². The van der Waals surface area contributed by atoms with Gasteiger partial charge in [0.15, 0.2) is 17.2 Å². The lowest BCUT2D eigenvalue weighted by atomic mass is 9.99. The molecule has 1 fully saturated rings. The Bertz CT molecular complexity index is 726. The molecular formula is C16H18N4O. The molecule has 1 aliphatic rings. The zero-order valence-electron chi connectivity index (χ0n) is 11.8. The highest BCUT2D eigenvalue weighted by Crippen LogP contribution is 2.26. The fourth-order valence-corrected chi connectivity index (χ4v) is 3.06. The number of pyridine rings is 1. The van der Waals surface area contributed by atoms with Gasteiger partial charge in [-0.2, -0.15) is 0 Å². The number of hydrogen-bond acceptors (Lipinski definition) is 4. The van der Waals surface area contributed by atoms with Crippen LogP contribution in [0.4, 0.5) is 0 Å². The number of nitrogens with zero attached hydrogens (tertiary/aromatic N) is 3. The van der Waals surface area contributed by atoms with Gasteiger partial charge < -0.3 is 14.3 Å². The molecule has 5 nitrogen and oxygen atoms in total. The number of nitrogens with one attached hydrogen (secondary N) is 1. The van der Waals surface area contributed by atoms with E-state index in [0.29, 0.717) is 5.92 Å². The van der Waals surface area contributed by atoms with Gasteiger partial charge in [0.2, 0.25) is 0 Å². The van der Waals surface area contributed by atoms with E-state index in [1.54, 1.807) is 6.26 Å². The molecule has 5 heteroatoms. The summed E-state index contributed by atoms with van der Waals surface area (Å²) in [7, 11) is 0. The second-order valence-electron chi connectivity index (χ2n) is 5.58. The molecule has 21 heavy (non-hydrogen) atoms. The van der Waals surface area contributed by atoms with Crippen molar-refractivity contribution in [2.75, 3.05) is 13.1 Å². The molecule has 4 rings (SSSR count). The van der Waals surface area contributed by atoms with Crippen molar-refractivity contribution in [1.29, 1.82) is 0 Å². The highest BCUT2D eigenvalue weighted by molar-refractivity contribution is 5.75. The van der Waals surface area contributed by atoms with E-state index < -0.39 is 0 Å². The van der Waals surface area contributed by atoms with Crippen molar-refractivity contribution in [2.45, 2.75) is 19.4 Å². The highest BCUT2D eigenvalue weighted by Gasteiger charge is 2.20. The van der Waals surface area contributed by atoms with Crippen LogP contribution in [-0.4, -0.2) is 27.6 Å². The van der Waals surface area contributed by atoms with Crippen molar-refractivity contribution in [3.05, 3.63) is 36.7 Å². The molecule has 0 aliphatic carbocycles. The molecule has 1 atom stereocenters. The predicted octanol–water partition coefficient (Wildman–Crippen LogP) is 2.69. The topological polar surface area (TPSA) is 55.9 Å². The van der Waals surface area contributed by atoms with Crippen LogP contribution in [0, 0.1) is 5.92 Å². The summed E-state index contributed by atoms with van der Waals surface area (Å²) >= 11 is 0. The minimum absolute atomic E-state index is 0.617. The lowest BCUT2D eigenvalue weighted by molar-refractivity contribution is 0.340. The third-order valence-corrected chi connectivity index (χ3v) is 4.09. The van der Waals surface area contributed by atoms with E-state index >= 15 is 0 Å². The van der Waals surface area contributed by atoms with Crippen molar-refractivity contribution in [3.63, 3.8) is 0 Å². The molecule has 0 bridgehead atoms. The third-order valence-electron chi connectivity index (χ3n) is 4.09. The SMILES string of the molecule is c1coc(-c2nc3cccnc3n2CC2CCCNC2)c1. The second-order valence-corrected chi connectivity index (χ2v) is 5.58. The van der Waals surface area contributed by atoms with E-state index in [1.807, 2.05) is 30.5 Å². The number of piperidine rings is 1. The Labute approximate surface area is 123 Å². The van der Waals surface area contributed by atoms with E-state index in [1.165, 1.54) is 12.8 Å². The zero-order chi connectivity index (χ0) is 14.1. The number of imidazole rings is 1. The van der Waals surface area contributed by atoms with E-state index in [-0.39, 0.29) is 0 Å². The molecular weight excluding hydrogens is 264 g/mol. The summed E-state index contributed by atoms with van der Waals surface area (Å²) in [6, 6.07) is 7.78. The third kappa shape index (κ3) is 2.34. The lowest BCUT2D eigenvalue weighted by Crippen LogP contribution is -2.32. The summed E-state index contributed by atoms with van der Waals surface area (Å²) in [5.74, 6) is 2.29. The Kier molecular flexibility index (Phi) is 3.20. The maximum absolute atomic E-state index is 5.55. The Hall–Kier alpha value is -2.14. The van der Waals surface area contributed by atoms with Crippen LogP contribution in [0.1, 0.15) is 12.8 Å². The van der Waals surface area contributed by atoms with E-state index in [2.05, 4.69) is 14.9 Å². The first-order chi connectivity index (χ1) is 10.4. The lowest BCUT2D eigenvalue weighted by Gasteiger charge is -2.23. The normalized spacial score (nSPS) is 19.1. The summed E-state index contributed by atoms with van der Waals surface area (Å²) < 4.78 is 7.75. The fourth-order valence-electron chi connectivity index (χ4n) is 3.06. The molecule has 1 N–H and O–H groups in total. The summed E-state index contributed by atoms with van der Waals surface area (Å²) in [4.78, 5) is 9.22. The number of aromatic nitrogens is 3. The van der Waals surface area contributed by atoms with Gasteiger partial charge in [0.25, 0.3) is 0 Å². The van der Waals surface area contributed by atoms with Gasteiger partial charge in [0.05, 0.1) is 6.26 Å². The second kappa shape index (κ2) is 5.33. The van der Waals surface area contributed by atoms with Crippen molar-refractivity contribution in [1.82, 2.24) is 19.9 Å². The maximum atomic E-state index is 5.55. The van der Waals surface area contributed by atoms with Crippen LogP contribution in [0.25, 0.3) is 22.7 Å². The van der Waals surface area contributed by atoms with Crippen LogP contribution in [0.3, 0.4) is 0 Å². The van der Waals surface area contributed by atoms with Gasteiger partial charge in [0.1, 0.15) is 5.52 Å². The van der Waals surface area contributed by atoms with Crippen LogP contribution in [0.15, 0.2) is 41.1 Å². The first-order valence-electron chi connectivity index (χ1n) is 7.47. The van der Waals surface area contributed by atoms with Gasteiger partial charge in [-0.25, -0.2) is 9.97 Å². The molecule has 0 spiro atoms. The van der Waals surface area contributed by atoms with Gasteiger partial charge in [-0.05, 0) is 56.1 Å². The standard InChI is InChI=1S/C16H18N4O/c1-4-12(10-17-7-1)11-20-15-13(5-2-8-18-15)19-16(20)14-6-3-9-21-14/h2-3,5-6,8-9,12,17H,1,4,7,10-11H2. The van der Waals surface area contributed by atoms with Crippen LogP contribution in [0.5, 0.6) is 0 Å². The minimum atomic E-state index is 0.617. The average molecular weight is 282 g/mol. The Balaban J connectivity index is 1.78. The first-order valence-corrected chi connectivity index (χ1v) is 7.47. The van der Waals surface area contributed by atoms with E-state index in [0.717, 1.165) is 42.4 Å². The van der Waals surface area contributed by atoms with Gasteiger partial charge in [-0.15, -0.1) is 0 Å². The molecule has 0 radical (unpaired) electrons. The average Bonchev–Trinajstić information content (AvgIpc) is 3.16. The van der Waals surface area contributed by atoms with E-state index in [4.69, 9.17) is 9.40 Å². The zero-order valence-corrected chi connectivity index (χ0v) is 11.8. The first kappa shape index (κ1) is 12.6. The smallest absolute Gasteiger partial charge is 0.178 e. The van der Waals surface area contributed by atoms with Crippen LogP contribution >= 0.6 is 0 Å². The molecule has 3 aromatic heterocycles. The molecule has 1 aliphatic heterocycles. The van der Waals surface area contributed by atoms with Gasteiger partial charge in [-0.1, -0.05) is 0 Å². The van der Waals surface area contributed by atoms with Crippen LogP contribution < -0.4 is 5.32 Å². The van der Waals surface area contributed by atoms with Crippen molar-refractivity contribution in [3.8, 4) is 11.6 Å². The molecule has 1 saturated heterocycles. The molecule has 0 amide bonds. The molecule has 0 aromatic carbocycles. The quantitative estimate of drug-likeness (QED) is 0.802. The molecule has 4 heterocycles. The number of rotatable bonds is 3. The van der Waals surface area contributed by atoms with Gasteiger partial charge in [-0.3, -0.25) is 0 Å². The molecule has 3 aromatic rings. The van der Waals surface area contributed by atoms with Crippen LogP contribution in [0.2, 0.25) is 0 Å². The molecule has 1 unspecified atom stereocenters. The van der Waals surface area contributed by atoms with Gasteiger partial charge >= 0.3 is 0 Å². The summed E-state index contributed by atoms with van der Waals surface area (Å²) in [6.45, 7) is 3.12. The fraction of sp³-hybridized carbons (Fsp3) is 0.375. The van der Waals surface area contributed by atoms with Crippen molar-refractivity contribution < 1.29 is 4.42 Å². The molecule has 108 valence electrons. The Morgan fingerprint density at radius 3 is 3.14 bits per heavy atom. The number of furan rings is 1. The molecule has 0 saturated carbocycles. The van der Waals surface area contributed by atoms with Gasteiger partial charge in [0, 0.05) is 12.7 Å². The largest absolute Gasteiger partial charge is 0.461 e. The monoisotopic (exact) mass is 282 g/mol. The summed E-state index contributed by atoms with van der Waals surface area (Å²) in [5.41, 5.74) is 1.86. The maximum Gasteiger partial charge on any atom is 0.178 e. The predicted molar refractivity (Wildman–Crippen MR) is 80.8 cm³/mol. The van der Waals surface area contributed by atoms with Crippen LogP contribution in [-0.2, 0) is 6.54 Å². The Morgan fingerprint density at radius 1 is 1.33 bits per heavy atom. The minimum Gasteiger partial charge on any atom is -0.461 e. The number of hydrogen-bond donors (Lipinski definition) is 1. The summed E-state index contributed by atoms with van der Waals surface area (Å²) in [6.07, 6.45) is 6.00. The number of fused-ring (bicyclic) bond motifs is 1. The van der Waals surface area contributed by atoms with E-state index in [9.17, 15) is 0 Å². The Morgan fingerprint density at radius 2 is 2.33 bits per heavy atom.